The molecule has 0 spiro atoms. The maximum absolute atomic E-state index is 12.5. The summed E-state index contributed by atoms with van der Waals surface area (Å²) >= 11 is 7.44. The van der Waals surface area contributed by atoms with Crippen LogP contribution < -0.4 is 5.32 Å². The van der Waals surface area contributed by atoms with Gasteiger partial charge in [-0.05, 0) is 39.0 Å². The van der Waals surface area contributed by atoms with Crippen LogP contribution >= 0.6 is 22.9 Å². The zero-order chi connectivity index (χ0) is 19.7. The average molecular weight is 408 g/mol. The Bertz CT molecular complexity index is 1020. The van der Waals surface area contributed by atoms with Gasteiger partial charge in [-0.25, -0.2) is 4.79 Å². The van der Waals surface area contributed by atoms with E-state index in [1.807, 2.05) is 20.8 Å². The lowest BCUT2D eigenvalue weighted by Gasteiger charge is -2.04. The molecule has 0 radical (unpaired) electrons. The molecule has 3 rings (SSSR count). The van der Waals surface area contributed by atoms with E-state index in [-0.39, 0.29) is 5.76 Å². The molecule has 0 saturated carbocycles. The number of furan rings is 1. The minimum absolute atomic E-state index is 0.138. The first-order valence-electron chi connectivity index (χ1n) is 8.08. The molecular weight excluding hydrogens is 390 g/mol. The van der Waals surface area contributed by atoms with Crippen molar-refractivity contribution >= 4 is 39.8 Å². The van der Waals surface area contributed by atoms with Gasteiger partial charge in [0.05, 0.1) is 35.6 Å². The van der Waals surface area contributed by atoms with Gasteiger partial charge in [-0.3, -0.25) is 9.48 Å². The van der Waals surface area contributed by atoms with Crippen LogP contribution in [0.3, 0.4) is 0 Å². The van der Waals surface area contributed by atoms with Gasteiger partial charge in [-0.2, -0.15) is 5.10 Å². The smallest absolute Gasteiger partial charge is 0.340 e. The fourth-order valence-electron chi connectivity index (χ4n) is 2.59. The highest BCUT2D eigenvalue weighted by atomic mass is 35.5. The van der Waals surface area contributed by atoms with E-state index in [1.165, 1.54) is 18.4 Å². The largest absolute Gasteiger partial charge is 0.465 e. The fourth-order valence-corrected chi connectivity index (χ4v) is 3.62. The first kappa shape index (κ1) is 19.2. The zero-order valence-electron chi connectivity index (χ0n) is 15.3. The Morgan fingerprint density at radius 1 is 1.33 bits per heavy atom. The number of amides is 1. The molecule has 3 aromatic rings. The number of methoxy groups -OCH3 is 1. The van der Waals surface area contributed by atoms with Crippen LogP contribution in [0.1, 0.15) is 42.9 Å². The second-order valence-electron chi connectivity index (χ2n) is 5.95. The Balaban J connectivity index is 1.76. The first-order valence-corrected chi connectivity index (χ1v) is 9.28. The summed E-state index contributed by atoms with van der Waals surface area (Å²) in [5.74, 6) is -0.242. The summed E-state index contributed by atoms with van der Waals surface area (Å²) in [5, 5.41) is 8.09. The summed E-state index contributed by atoms with van der Waals surface area (Å²) in [5.41, 5.74) is 1.88. The highest BCUT2D eigenvalue weighted by Gasteiger charge is 2.20. The van der Waals surface area contributed by atoms with Crippen molar-refractivity contribution in [3.05, 3.63) is 56.6 Å². The summed E-state index contributed by atoms with van der Waals surface area (Å²) < 4.78 is 12.1. The quantitative estimate of drug-likeness (QED) is 0.640. The third-order valence-corrected chi connectivity index (χ3v) is 5.48. The number of hydrogen-bond donors (Lipinski definition) is 1. The number of hydrogen-bond acceptors (Lipinski definition) is 6. The van der Waals surface area contributed by atoms with Gasteiger partial charge in [0.25, 0.3) is 5.91 Å². The van der Waals surface area contributed by atoms with Crippen LogP contribution in [0, 0.1) is 20.8 Å². The van der Waals surface area contributed by atoms with Crippen molar-refractivity contribution in [3.8, 4) is 0 Å². The van der Waals surface area contributed by atoms with Crippen molar-refractivity contribution in [2.75, 3.05) is 12.4 Å². The predicted octanol–water partition coefficient (Wildman–Crippen LogP) is 4.20. The molecule has 142 valence electrons. The molecule has 0 unspecified atom stereocenters. The number of ether oxygens (including phenoxy) is 1. The van der Waals surface area contributed by atoms with Crippen LogP contribution in [0.25, 0.3) is 0 Å². The summed E-state index contributed by atoms with van der Waals surface area (Å²) in [6.07, 6.45) is 0. The molecular formula is C18H18ClN3O4S. The zero-order valence-corrected chi connectivity index (χ0v) is 16.8. The van der Waals surface area contributed by atoms with Crippen molar-refractivity contribution in [1.29, 1.82) is 0 Å². The van der Waals surface area contributed by atoms with Gasteiger partial charge >= 0.3 is 5.97 Å². The van der Waals surface area contributed by atoms with E-state index in [9.17, 15) is 9.59 Å². The number of esters is 1. The molecule has 7 nitrogen and oxygen atoms in total. The van der Waals surface area contributed by atoms with E-state index in [0.717, 1.165) is 16.3 Å². The van der Waals surface area contributed by atoms with Crippen molar-refractivity contribution < 1.29 is 18.7 Å². The van der Waals surface area contributed by atoms with E-state index in [2.05, 4.69) is 10.4 Å². The number of carbonyl (C=O) groups excluding carboxylic acids is 2. The van der Waals surface area contributed by atoms with Gasteiger partial charge in [0, 0.05) is 4.88 Å². The van der Waals surface area contributed by atoms with Gasteiger partial charge in [0.2, 0.25) is 0 Å². The molecule has 3 heterocycles. The molecule has 3 aromatic heterocycles. The minimum atomic E-state index is -0.504. The lowest BCUT2D eigenvalue weighted by molar-refractivity contribution is 0.0602. The number of thiophene rings is 1. The summed E-state index contributed by atoms with van der Waals surface area (Å²) in [7, 11) is 1.30. The Hall–Kier alpha value is -2.58. The monoisotopic (exact) mass is 407 g/mol. The Morgan fingerprint density at radius 2 is 2.07 bits per heavy atom. The van der Waals surface area contributed by atoms with Crippen LogP contribution in [0.2, 0.25) is 5.02 Å². The maximum atomic E-state index is 12.5. The predicted molar refractivity (Wildman–Crippen MR) is 103 cm³/mol. The molecule has 27 heavy (non-hydrogen) atoms. The number of halogens is 1. The molecule has 0 aliphatic carbocycles. The number of carbonyl (C=O) groups is 2. The molecule has 0 atom stereocenters. The van der Waals surface area contributed by atoms with Crippen LogP contribution in [-0.2, 0) is 11.3 Å². The van der Waals surface area contributed by atoms with E-state index in [4.69, 9.17) is 20.8 Å². The number of nitrogens with one attached hydrogen (secondary N) is 1. The number of aromatic nitrogens is 2. The first-order chi connectivity index (χ1) is 12.8. The molecule has 0 fully saturated rings. The van der Waals surface area contributed by atoms with Gasteiger partial charge in [0.1, 0.15) is 10.8 Å². The van der Waals surface area contributed by atoms with E-state index in [0.29, 0.717) is 27.9 Å². The van der Waals surface area contributed by atoms with Gasteiger partial charge < -0.3 is 14.5 Å². The summed E-state index contributed by atoms with van der Waals surface area (Å²) in [6, 6.07) is 4.96. The van der Waals surface area contributed by atoms with E-state index in [1.54, 1.807) is 22.9 Å². The van der Waals surface area contributed by atoms with Gasteiger partial charge in [0.15, 0.2) is 5.76 Å². The lowest BCUT2D eigenvalue weighted by Crippen LogP contribution is -2.13. The Labute approximate surface area is 164 Å². The third kappa shape index (κ3) is 3.91. The topological polar surface area (TPSA) is 86.4 Å². The summed E-state index contributed by atoms with van der Waals surface area (Å²) in [6.45, 7) is 5.90. The highest BCUT2D eigenvalue weighted by Crippen LogP contribution is 2.29. The number of aryl methyl sites for hydroxylation is 2. The molecule has 1 amide bonds. The van der Waals surface area contributed by atoms with Crippen molar-refractivity contribution in [3.63, 3.8) is 0 Å². The third-order valence-electron chi connectivity index (χ3n) is 3.97. The second kappa shape index (κ2) is 7.58. The van der Waals surface area contributed by atoms with Gasteiger partial charge in [-0.15, -0.1) is 11.3 Å². The Morgan fingerprint density at radius 3 is 2.70 bits per heavy atom. The number of nitrogens with zero attached hydrogens (tertiary/aromatic N) is 2. The average Bonchev–Trinajstić information content (AvgIpc) is 3.30. The van der Waals surface area contributed by atoms with Crippen molar-refractivity contribution in [2.24, 2.45) is 0 Å². The molecule has 9 heteroatoms. The minimum Gasteiger partial charge on any atom is -0.465 e. The molecule has 0 saturated heterocycles. The lowest BCUT2D eigenvalue weighted by atomic mass is 10.3. The molecule has 0 aliphatic rings. The number of rotatable bonds is 5. The van der Waals surface area contributed by atoms with Crippen LogP contribution in [0.4, 0.5) is 5.00 Å². The van der Waals surface area contributed by atoms with Crippen molar-refractivity contribution in [1.82, 2.24) is 9.78 Å². The molecule has 0 aromatic carbocycles. The standard InChI is InChI=1S/C18H18ClN3O4S/c1-9-7-13(18(24)25-4)17(27-9)20-16(23)14-6-5-12(26-14)8-22-11(3)15(19)10(2)21-22/h5-7H,8H2,1-4H3,(H,20,23). The summed E-state index contributed by atoms with van der Waals surface area (Å²) in [4.78, 5) is 25.2. The van der Waals surface area contributed by atoms with Crippen molar-refractivity contribution in [2.45, 2.75) is 27.3 Å². The second-order valence-corrected chi connectivity index (χ2v) is 7.59. The normalized spacial score (nSPS) is 10.9. The van der Waals surface area contributed by atoms with Crippen LogP contribution in [-0.4, -0.2) is 28.8 Å². The van der Waals surface area contributed by atoms with E-state index >= 15 is 0 Å². The van der Waals surface area contributed by atoms with E-state index < -0.39 is 11.9 Å². The Kier molecular flexibility index (Phi) is 5.38. The van der Waals surface area contributed by atoms with Crippen LogP contribution in [0.5, 0.6) is 0 Å². The molecule has 0 bridgehead atoms. The van der Waals surface area contributed by atoms with Gasteiger partial charge in [-0.1, -0.05) is 11.6 Å². The fraction of sp³-hybridized carbons (Fsp3) is 0.278. The maximum Gasteiger partial charge on any atom is 0.340 e. The van der Waals surface area contributed by atoms with Crippen LogP contribution in [0.15, 0.2) is 22.6 Å². The highest BCUT2D eigenvalue weighted by molar-refractivity contribution is 7.16. The molecule has 1 N–H and O–H groups in total. The SMILES string of the molecule is COC(=O)c1cc(C)sc1NC(=O)c1ccc(Cn2nc(C)c(Cl)c2C)o1. The number of anilines is 1. The molecule has 0 aliphatic heterocycles.